The van der Waals surface area contributed by atoms with E-state index in [4.69, 9.17) is 9.15 Å². The van der Waals surface area contributed by atoms with E-state index in [-0.39, 0.29) is 28.3 Å². The van der Waals surface area contributed by atoms with E-state index in [0.717, 1.165) is 18.0 Å². The number of esters is 1. The highest BCUT2D eigenvalue weighted by molar-refractivity contribution is 7.99. The van der Waals surface area contributed by atoms with Gasteiger partial charge in [-0.15, -0.1) is 10.2 Å². The number of carbonyl (C=O) groups is 2. The molecule has 2 N–H and O–H groups in total. The van der Waals surface area contributed by atoms with Gasteiger partial charge in [0.2, 0.25) is 21.8 Å². The molecule has 0 spiro atoms. The topological polar surface area (TPSA) is 140 Å². The van der Waals surface area contributed by atoms with Gasteiger partial charge in [0.15, 0.2) is 0 Å². The molecule has 1 heterocycles. The summed E-state index contributed by atoms with van der Waals surface area (Å²) in [6, 6.07) is 12.9. The number of benzene rings is 2. The summed E-state index contributed by atoms with van der Waals surface area (Å²) in [5.41, 5.74) is 1.59. The van der Waals surface area contributed by atoms with Gasteiger partial charge in [0, 0.05) is 11.3 Å². The number of methoxy groups -OCH3 is 1. The van der Waals surface area contributed by atoms with Crippen LogP contribution in [-0.2, 0) is 19.6 Å². The SMILES string of the molecule is COC(=O)c1ccccc1NC(=O)CSc1nnc(-c2ccc(NS(C)(=O)=O)cc2)o1. The number of hydrogen-bond acceptors (Lipinski definition) is 9. The first kappa shape index (κ1) is 22.3. The Morgan fingerprint density at radius 2 is 1.81 bits per heavy atom. The lowest BCUT2D eigenvalue weighted by atomic mass is 10.2. The van der Waals surface area contributed by atoms with Crippen LogP contribution in [0.3, 0.4) is 0 Å². The standard InChI is InChI=1S/C19H18N4O6S2/c1-28-18(25)14-5-3-4-6-15(14)20-16(24)11-30-19-22-21-17(29-19)12-7-9-13(10-8-12)23-31(2,26)27/h3-10,23H,11H2,1-2H3,(H,20,24). The van der Waals surface area contributed by atoms with Crippen LogP contribution >= 0.6 is 11.8 Å². The minimum Gasteiger partial charge on any atom is -0.465 e. The van der Waals surface area contributed by atoms with Gasteiger partial charge in [0.25, 0.3) is 5.22 Å². The Kier molecular flexibility index (Phi) is 6.92. The summed E-state index contributed by atoms with van der Waals surface area (Å²) < 4.78 is 35.1. The molecule has 0 saturated carbocycles. The Morgan fingerprint density at radius 1 is 1.10 bits per heavy atom. The largest absolute Gasteiger partial charge is 0.465 e. The maximum absolute atomic E-state index is 12.2. The summed E-state index contributed by atoms with van der Waals surface area (Å²) in [5, 5.41) is 10.7. The lowest BCUT2D eigenvalue weighted by molar-refractivity contribution is -0.113. The van der Waals surface area contributed by atoms with Gasteiger partial charge in [-0.3, -0.25) is 9.52 Å². The summed E-state index contributed by atoms with van der Waals surface area (Å²) in [6.07, 6.45) is 1.06. The van der Waals surface area contributed by atoms with Crippen LogP contribution in [0.15, 0.2) is 58.2 Å². The fourth-order valence-electron chi connectivity index (χ4n) is 2.47. The van der Waals surface area contributed by atoms with Gasteiger partial charge in [-0.1, -0.05) is 23.9 Å². The Labute approximate surface area is 182 Å². The van der Waals surface area contributed by atoms with Crippen molar-refractivity contribution in [1.82, 2.24) is 10.2 Å². The average Bonchev–Trinajstić information content (AvgIpc) is 3.20. The van der Waals surface area contributed by atoms with Crippen LogP contribution in [0.25, 0.3) is 11.5 Å². The number of aromatic nitrogens is 2. The Morgan fingerprint density at radius 3 is 2.48 bits per heavy atom. The molecule has 10 nitrogen and oxygen atoms in total. The van der Waals surface area contributed by atoms with Crippen molar-refractivity contribution < 1.29 is 27.2 Å². The van der Waals surface area contributed by atoms with Crippen LogP contribution in [0.4, 0.5) is 11.4 Å². The summed E-state index contributed by atoms with van der Waals surface area (Å²) in [4.78, 5) is 24.0. The molecular weight excluding hydrogens is 444 g/mol. The van der Waals surface area contributed by atoms with Crippen molar-refractivity contribution >= 4 is 45.0 Å². The molecule has 1 amide bonds. The van der Waals surface area contributed by atoms with Crippen LogP contribution in [0.5, 0.6) is 0 Å². The van der Waals surface area contributed by atoms with Crippen molar-refractivity contribution in [1.29, 1.82) is 0 Å². The molecule has 0 saturated heterocycles. The zero-order chi connectivity index (χ0) is 22.4. The van der Waals surface area contributed by atoms with Gasteiger partial charge in [-0.05, 0) is 36.4 Å². The zero-order valence-electron chi connectivity index (χ0n) is 16.5. The van der Waals surface area contributed by atoms with Crippen LogP contribution in [0.2, 0.25) is 0 Å². The number of rotatable bonds is 8. The van der Waals surface area contributed by atoms with Crippen LogP contribution in [-0.4, -0.2) is 49.6 Å². The average molecular weight is 463 g/mol. The maximum Gasteiger partial charge on any atom is 0.339 e. The highest BCUT2D eigenvalue weighted by atomic mass is 32.2. The van der Waals surface area contributed by atoms with Crippen LogP contribution in [0, 0.1) is 0 Å². The highest BCUT2D eigenvalue weighted by Crippen LogP contribution is 2.25. The molecule has 0 unspecified atom stereocenters. The van der Waals surface area contributed by atoms with Gasteiger partial charge < -0.3 is 14.5 Å². The molecular formula is C19H18N4O6S2. The molecule has 0 atom stereocenters. The molecule has 162 valence electrons. The van der Waals surface area contributed by atoms with E-state index in [0.29, 0.717) is 16.9 Å². The molecule has 3 aromatic rings. The minimum atomic E-state index is -3.37. The third kappa shape index (κ3) is 6.30. The predicted octanol–water partition coefficient (Wildman–Crippen LogP) is 2.63. The lowest BCUT2D eigenvalue weighted by Crippen LogP contribution is -2.17. The molecule has 0 aliphatic heterocycles. The number of anilines is 2. The number of carbonyl (C=O) groups excluding carboxylic acids is 2. The second-order valence-corrected chi connectivity index (χ2v) is 8.87. The number of sulfonamides is 1. The zero-order valence-corrected chi connectivity index (χ0v) is 18.1. The third-order valence-electron chi connectivity index (χ3n) is 3.77. The fourth-order valence-corrected chi connectivity index (χ4v) is 3.60. The maximum atomic E-state index is 12.2. The molecule has 0 aliphatic rings. The summed E-state index contributed by atoms with van der Waals surface area (Å²) >= 11 is 1.03. The van der Waals surface area contributed by atoms with Crippen LogP contribution < -0.4 is 10.0 Å². The second-order valence-electron chi connectivity index (χ2n) is 6.20. The van der Waals surface area contributed by atoms with E-state index in [1.807, 2.05) is 0 Å². The van der Waals surface area contributed by atoms with Crippen molar-refractivity contribution in [2.24, 2.45) is 0 Å². The Hall–Kier alpha value is -3.38. The van der Waals surface area contributed by atoms with E-state index in [2.05, 4.69) is 20.2 Å². The van der Waals surface area contributed by atoms with Crippen molar-refractivity contribution in [2.45, 2.75) is 5.22 Å². The van der Waals surface area contributed by atoms with Gasteiger partial charge >= 0.3 is 5.97 Å². The summed E-state index contributed by atoms with van der Waals surface area (Å²) in [5.74, 6) is -0.709. The van der Waals surface area contributed by atoms with E-state index < -0.39 is 16.0 Å². The molecule has 2 aromatic carbocycles. The minimum absolute atomic E-state index is 0.0195. The molecule has 3 rings (SSSR count). The third-order valence-corrected chi connectivity index (χ3v) is 5.20. The van der Waals surface area contributed by atoms with Crippen molar-refractivity contribution in [3.05, 3.63) is 54.1 Å². The first-order chi connectivity index (χ1) is 14.7. The molecule has 1 aromatic heterocycles. The number of ether oxygens (including phenoxy) is 1. The number of nitrogens with zero attached hydrogens (tertiary/aromatic N) is 2. The highest BCUT2D eigenvalue weighted by Gasteiger charge is 2.15. The number of amides is 1. The molecule has 0 fully saturated rings. The number of para-hydroxylation sites is 1. The van der Waals surface area contributed by atoms with Crippen molar-refractivity contribution in [3.63, 3.8) is 0 Å². The molecule has 0 bridgehead atoms. The predicted molar refractivity (Wildman–Crippen MR) is 115 cm³/mol. The summed E-state index contributed by atoms with van der Waals surface area (Å²) in [7, 11) is -2.10. The van der Waals surface area contributed by atoms with E-state index in [1.54, 1.807) is 48.5 Å². The lowest BCUT2D eigenvalue weighted by Gasteiger charge is -2.08. The second kappa shape index (κ2) is 9.62. The van der Waals surface area contributed by atoms with E-state index >= 15 is 0 Å². The first-order valence-electron chi connectivity index (χ1n) is 8.77. The summed E-state index contributed by atoms with van der Waals surface area (Å²) in [6.45, 7) is 0. The molecule has 12 heteroatoms. The smallest absolute Gasteiger partial charge is 0.339 e. The first-order valence-corrected chi connectivity index (χ1v) is 11.6. The van der Waals surface area contributed by atoms with Crippen LogP contribution in [0.1, 0.15) is 10.4 Å². The molecule has 0 aliphatic carbocycles. The van der Waals surface area contributed by atoms with Gasteiger partial charge in [0.05, 0.1) is 30.4 Å². The van der Waals surface area contributed by atoms with E-state index in [9.17, 15) is 18.0 Å². The number of hydrogen-bond donors (Lipinski definition) is 2. The molecule has 0 radical (unpaired) electrons. The Balaban J connectivity index is 1.59. The van der Waals surface area contributed by atoms with Gasteiger partial charge in [-0.25, -0.2) is 13.2 Å². The van der Waals surface area contributed by atoms with E-state index in [1.165, 1.54) is 7.11 Å². The Bertz CT molecular complexity index is 1190. The fraction of sp³-hybridized carbons (Fsp3) is 0.158. The van der Waals surface area contributed by atoms with Gasteiger partial charge in [0.1, 0.15) is 0 Å². The van der Waals surface area contributed by atoms with Crippen molar-refractivity contribution in [2.75, 3.05) is 29.2 Å². The number of thioether (sulfide) groups is 1. The normalized spacial score (nSPS) is 11.0. The quantitative estimate of drug-likeness (QED) is 0.382. The monoisotopic (exact) mass is 462 g/mol. The molecule has 31 heavy (non-hydrogen) atoms. The van der Waals surface area contributed by atoms with Gasteiger partial charge in [-0.2, -0.15) is 0 Å². The van der Waals surface area contributed by atoms with Crippen molar-refractivity contribution in [3.8, 4) is 11.5 Å². The number of nitrogens with one attached hydrogen (secondary N) is 2.